The highest BCUT2D eigenvalue weighted by atomic mass is 16.1. The average Bonchev–Trinajstić information content (AvgIpc) is 2.63. The van der Waals surface area contributed by atoms with Gasteiger partial charge in [-0.1, -0.05) is 13.8 Å². The van der Waals surface area contributed by atoms with Crippen LogP contribution in [0.3, 0.4) is 0 Å². The van der Waals surface area contributed by atoms with Crippen LogP contribution in [0.25, 0.3) is 0 Å². The third-order valence-corrected chi connectivity index (χ3v) is 1.68. The lowest BCUT2D eigenvalue weighted by Gasteiger charge is -2.07. The van der Waals surface area contributed by atoms with E-state index in [4.69, 9.17) is 0 Å². The summed E-state index contributed by atoms with van der Waals surface area (Å²) in [5.41, 5.74) is 0. The third kappa shape index (κ3) is 4.04. The Morgan fingerprint density at radius 2 is 2.43 bits per heavy atom. The van der Waals surface area contributed by atoms with Crippen molar-refractivity contribution in [2.75, 3.05) is 6.54 Å². The Morgan fingerprint density at radius 3 is 3.00 bits per heavy atom. The molecular formula is C9H16N4O. The first-order valence-electron chi connectivity index (χ1n) is 4.67. The fourth-order valence-corrected chi connectivity index (χ4v) is 0.936. The Labute approximate surface area is 83.3 Å². The van der Waals surface area contributed by atoms with Crippen LogP contribution in [0.2, 0.25) is 0 Å². The number of rotatable bonds is 5. The molecule has 5 nitrogen and oxygen atoms in total. The van der Waals surface area contributed by atoms with Gasteiger partial charge in [0.25, 0.3) is 0 Å². The number of hydrogen-bond acceptors (Lipinski definition) is 3. The minimum atomic E-state index is -0.0184. The molecule has 1 rings (SSSR count). The summed E-state index contributed by atoms with van der Waals surface area (Å²) in [7, 11) is 0. The maximum atomic E-state index is 11.2. The maximum Gasteiger partial charge on any atom is 0.234 e. The lowest BCUT2D eigenvalue weighted by atomic mass is 10.4. The van der Waals surface area contributed by atoms with Crippen LogP contribution >= 0.6 is 0 Å². The molecular weight excluding hydrogens is 180 g/mol. The summed E-state index contributed by atoms with van der Waals surface area (Å²) in [5, 5.41) is 5.78. The molecule has 0 radical (unpaired) electrons. The normalized spacial score (nSPS) is 10.5. The molecule has 1 aromatic rings. The van der Waals surface area contributed by atoms with Crippen LogP contribution in [0.5, 0.6) is 0 Å². The van der Waals surface area contributed by atoms with Crippen LogP contribution in [0, 0.1) is 0 Å². The van der Waals surface area contributed by atoms with E-state index in [9.17, 15) is 4.79 Å². The van der Waals surface area contributed by atoms with Gasteiger partial charge in [-0.2, -0.15) is 0 Å². The van der Waals surface area contributed by atoms with Crippen molar-refractivity contribution in [2.45, 2.75) is 26.4 Å². The summed E-state index contributed by atoms with van der Waals surface area (Å²) >= 11 is 0. The van der Waals surface area contributed by atoms with Gasteiger partial charge in [0.05, 0.1) is 13.1 Å². The molecule has 0 spiro atoms. The van der Waals surface area contributed by atoms with E-state index in [1.165, 1.54) is 0 Å². The van der Waals surface area contributed by atoms with Gasteiger partial charge in [-0.25, -0.2) is 4.98 Å². The Balaban J connectivity index is 2.15. The van der Waals surface area contributed by atoms with E-state index in [1.807, 2.05) is 13.8 Å². The minimum Gasteiger partial charge on any atom is -0.348 e. The minimum absolute atomic E-state index is 0.0184. The van der Waals surface area contributed by atoms with Crippen molar-refractivity contribution in [2.24, 2.45) is 0 Å². The highest BCUT2D eigenvalue weighted by molar-refractivity contribution is 5.77. The number of aromatic nitrogens is 2. The van der Waals surface area contributed by atoms with Gasteiger partial charge in [0.15, 0.2) is 0 Å². The first kappa shape index (κ1) is 10.7. The molecule has 0 bridgehead atoms. The molecule has 0 saturated heterocycles. The molecule has 3 N–H and O–H groups in total. The van der Waals surface area contributed by atoms with Gasteiger partial charge in [0, 0.05) is 18.4 Å². The Bertz CT molecular complexity index is 268. The van der Waals surface area contributed by atoms with E-state index < -0.39 is 0 Å². The summed E-state index contributed by atoms with van der Waals surface area (Å²) < 4.78 is 0. The molecule has 0 unspecified atom stereocenters. The second-order valence-corrected chi connectivity index (χ2v) is 3.35. The van der Waals surface area contributed by atoms with E-state index in [2.05, 4.69) is 20.6 Å². The smallest absolute Gasteiger partial charge is 0.234 e. The maximum absolute atomic E-state index is 11.2. The number of carbonyl (C=O) groups excluding carboxylic acids is 1. The number of H-pyrrole nitrogens is 1. The van der Waals surface area contributed by atoms with E-state index >= 15 is 0 Å². The zero-order chi connectivity index (χ0) is 10.4. The van der Waals surface area contributed by atoms with Gasteiger partial charge in [-0.05, 0) is 0 Å². The lowest BCUT2D eigenvalue weighted by Crippen LogP contribution is -2.36. The zero-order valence-corrected chi connectivity index (χ0v) is 8.50. The van der Waals surface area contributed by atoms with E-state index in [0.717, 1.165) is 5.82 Å². The number of aromatic amines is 1. The van der Waals surface area contributed by atoms with Crippen LogP contribution in [0.15, 0.2) is 12.4 Å². The van der Waals surface area contributed by atoms with Gasteiger partial charge in [0.2, 0.25) is 5.91 Å². The first-order chi connectivity index (χ1) is 6.68. The van der Waals surface area contributed by atoms with Crippen LogP contribution in [-0.2, 0) is 11.3 Å². The second kappa shape index (κ2) is 5.39. The third-order valence-electron chi connectivity index (χ3n) is 1.68. The summed E-state index contributed by atoms with van der Waals surface area (Å²) in [6.07, 6.45) is 3.39. The van der Waals surface area contributed by atoms with Crippen molar-refractivity contribution < 1.29 is 4.79 Å². The molecule has 5 heteroatoms. The SMILES string of the molecule is CC(C)NCC(=O)NCc1ncc[nH]1. The van der Waals surface area contributed by atoms with Gasteiger partial charge in [-0.15, -0.1) is 0 Å². The van der Waals surface area contributed by atoms with Gasteiger partial charge in [-0.3, -0.25) is 4.79 Å². The van der Waals surface area contributed by atoms with Crippen LogP contribution < -0.4 is 10.6 Å². The predicted octanol–water partition coefficient (Wildman–Crippen LogP) is 0.0239. The molecule has 0 aromatic carbocycles. The van der Waals surface area contributed by atoms with Crippen molar-refractivity contribution >= 4 is 5.91 Å². The topological polar surface area (TPSA) is 69.8 Å². The molecule has 0 aliphatic carbocycles. The summed E-state index contributed by atoms with van der Waals surface area (Å²) in [6.45, 7) is 4.80. The highest BCUT2D eigenvalue weighted by Gasteiger charge is 2.02. The van der Waals surface area contributed by atoms with Crippen molar-refractivity contribution in [3.63, 3.8) is 0 Å². The van der Waals surface area contributed by atoms with E-state index in [0.29, 0.717) is 19.1 Å². The largest absolute Gasteiger partial charge is 0.348 e. The average molecular weight is 196 g/mol. The molecule has 14 heavy (non-hydrogen) atoms. The number of hydrogen-bond donors (Lipinski definition) is 3. The van der Waals surface area contributed by atoms with Crippen molar-refractivity contribution in [3.05, 3.63) is 18.2 Å². The Kier molecular flexibility index (Phi) is 4.12. The van der Waals surface area contributed by atoms with Gasteiger partial charge >= 0.3 is 0 Å². The zero-order valence-electron chi connectivity index (χ0n) is 8.50. The molecule has 78 valence electrons. The summed E-state index contributed by atoms with van der Waals surface area (Å²) in [5.74, 6) is 0.748. The Morgan fingerprint density at radius 1 is 1.64 bits per heavy atom. The van der Waals surface area contributed by atoms with Crippen molar-refractivity contribution in [3.8, 4) is 0 Å². The van der Waals surface area contributed by atoms with Crippen LogP contribution in [0.4, 0.5) is 0 Å². The van der Waals surface area contributed by atoms with Crippen LogP contribution in [0.1, 0.15) is 19.7 Å². The number of nitrogens with one attached hydrogen (secondary N) is 3. The van der Waals surface area contributed by atoms with Gasteiger partial charge in [0.1, 0.15) is 5.82 Å². The fourth-order valence-electron chi connectivity index (χ4n) is 0.936. The standard InChI is InChI=1S/C9H16N4O/c1-7(2)12-6-9(14)13-5-8-10-3-4-11-8/h3-4,7,12H,5-6H2,1-2H3,(H,10,11)(H,13,14). The van der Waals surface area contributed by atoms with Gasteiger partial charge < -0.3 is 15.6 Å². The molecule has 1 amide bonds. The highest BCUT2D eigenvalue weighted by Crippen LogP contribution is 1.86. The molecule has 0 fully saturated rings. The predicted molar refractivity (Wildman–Crippen MR) is 53.6 cm³/mol. The Hall–Kier alpha value is -1.36. The number of amides is 1. The van der Waals surface area contributed by atoms with Crippen LogP contribution in [-0.4, -0.2) is 28.5 Å². The number of carbonyl (C=O) groups is 1. The first-order valence-corrected chi connectivity index (χ1v) is 4.67. The molecule has 0 aliphatic heterocycles. The van der Waals surface area contributed by atoms with Crippen molar-refractivity contribution in [1.82, 2.24) is 20.6 Å². The second-order valence-electron chi connectivity index (χ2n) is 3.35. The molecule has 0 atom stereocenters. The fraction of sp³-hybridized carbons (Fsp3) is 0.556. The van der Waals surface area contributed by atoms with Crippen molar-refractivity contribution in [1.29, 1.82) is 0 Å². The lowest BCUT2D eigenvalue weighted by molar-refractivity contribution is -0.120. The molecule has 0 saturated carbocycles. The summed E-state index contributed by atoms with van der Waals surface area (Å²) in [4.78, 5) is 18.1. The molecule has 0 aliphatic rings. The molecule has 1 heterocycles. The summed E-state index contributed by atoms with van der Waals surface area (Å²) in [6, 6.07) is 0.323. The monoisotopic (exact) mass is 196 g/mol. The molecule has 1 aromatic heterocycles. The van der Waals surface area contributed by atoms with E-state index in [-0.39, 0.29) is 5.91 Å². The quantitative estimate of drug-likeness (QED) is 0.622. The number of nitrogens with zero attached hydrogens (tertiary/aromatic N) is 1. The number of imidazole rings is 1. The van der Waals surface area contributed by atoms with E-state index in [1.54, 1.807) is 12.4 Å².